The lowest BCUT2D eigenvalue weighted by Gasteiger charge is -2.06. The summed E-state index contributed by atoms with van der Waals surface area (Å²) in [5.74, 6) is -0.667. The summed E-state index contributed by atoms with van der Waals surface area (Å²) in [4.78, 5) is 22.9. The summed E-state index contributed by atoms with van der Waals surface area (Å²) < 4.78 is 5.37. The number of carboxylic acid groups (broad SMARTS) is 1. The summed E-state index contributed by atoms with van der Waals surface area (Å²) in [6.07, 6.45) is 7.23. The van der Waals surface area contributed by atoms with E-state index in [0.29, 0.717) is 12.2 Å². The fourth-order valence-electron chi connectivity index (χ4n) is 2.65. The van der Waals surface area contributed by atoms with Crippen LogP contribution in [0.15, 0.2) is 36.4 Å². The molecule has 0 bridgehead atoms. The molecule has 24 heavy (non-hydrogen) atoms. The van der Waals surface area contributed by atoms with E-state index < -0.39 is 5.97 Å². The summed E-state index contributed by atoms with van der Waals surface area (Å²) >= 11 is 0. The summed E-state index contributed by atoms with van der Waals surface area (Å²) in [7, 11) is 0. The Morgan fingerprint density at radius 3 is 2.33 bits per heavy atom. The minimum Gasteiger partial charge on any atom is -0.478 e. The van der Waals surface area contributed by atoms with Gasteiger partial charge in [0.25, 0.3) is 0 Å². The smallest absolute Gasteiger partial charge is 0.335 e. The van der Waals surface area contributed by atoms with Crippen molar-refractivity contribution in [1.29, 1.82) is 0 Å². The Bertz CT molecular complexity index is 706. The molecule has 4 heteroatoms. The first-order valence-corrected chi connectivity index (χ1v) is 8.58. The molecule has 0 aliphatic heterocycles. The number of hydrogen-bond acceptors (Lipinski definition) is 3. The van der Waals surface area contributed by atoms with Crippen LogP contribution in [-0.4, -0.2) is 17.0 Å². The normalized spacial score (nSPS) is 10.7. The summed E-state index contributed by atoms with van der Waals surface area (Å²) in [5.41, 5.74) is 0.246. The molecule has 0 unspecified atom stereocenters. The maximum Gasteiger partial charge on any atom is 0.335 e. The van der Waals surface area contributed by atoms with Gasteiger partial charge in [-0.05, 0) is 41.5 Å². The number of carbonyl (C=O) groups excluding carboxylic acids is 1. The third-order valence-corrected chi connectivity index (χ3v) is 4.02. The van der Waals surface area contributed by atoms with Gasteiger partial charge in [-0.25, -0.2) is 4.79 Å². The molecule has 0 atom stereocenters. The van der Waals surface area contributed by atoms with Crippen LogP contribution in [0.4, 0.5) is 0 Å². The minimum absolute atomic E-state index is 0.216. The van der Waals surface area contributed by atoms with Crippen LogP contribution < -0.4 is 4.74 Å². The maximum absolute atomic E-state index is 11.9. The van der Waals surface area contributed by atoms with Crippen molar-refractivity contribution in [3.63, 3.8) is 0 Å². The monoisotopic (exact) mass is 328 g/mol. The van der Waals surface area contributed by atoms with Gasteiger partial charge in [-0.3, -0.25) is 4.79 Å². The SMILES string of the molecule is CCCCCCCCC(=O)Oc1ccc2cc(C(=O)O)ccc2c1. The van der Waals surface area contributed by atoms with Gasteiger partial charge in [-0.1, -0.05) is 51.2 Å². The molecule has 0 aliphatic carbocycles. The Morgan fingerprint density at radius 1 is 0.917 bits per heavy atom. The lowest BCUT2D eigenvalue weighted by molar-refractivity contribution is -0.134. The largest absolute Gasteiger partial charge is 0.478 e. The second-order valence-corrected chi connectivity index (χ2v) is 6.02. The highest BCUT2D eigenvalue weighted by molar-refractivity contribution is 5.94. The second-order valence-electron chi connectivity index (χ2n) is 6.02. The van der Waals surface area contributed by atoms with Crippen molar-refractivity contribution < 1.29 is 19.4 Å². The van der Waals surface area contributed by atoms with Crippen LogP contribution in [0.25, 0.3) is 10.8 Å². The molecule has 0 aromatic heterocycles. The molecule has 2 rings (SSSR count). The Balaban J connectivity index is 1.87. The molecule has 0 saturated heterocycles. The lowest BCUT2D eigenvalue weighted by atomic mass is 10.1. The number of carboxylic acids is 1. The Kier molecular flexibility index (Phi) is 6.79. The van der Waals surface area contributed by atoms with Crippen LogP contribution in [0, 0.1) is 0 Å². The number of carbonyl (C=O) groups is 2. The number of rotatable bonds is 9. The minimum atomic E-state index is -0.952. The highest BCUT2D eigenvalue weighted by atomic mass is 16.5. The van der Waals surface area contributed by atoms with Crippen molar-refractivity contribution >= 4 is 22.7 Å². The third-order valence-electron chi connectivity index (χ3n) is 4.02. The first-order valence-electron chi connectivity index (χ1n) is 8.58. The zero-order chi connectivity index (χ0) is 17.4. The van der Waals surface area contributed by atoms with E-state index >= 15 is 0 Å². The summed E-state index contributed by atoms with van der Waals surface area (Å²) in [6.45, 7) is 2.18. The third kappa shape index (κ3) is 5.37. The Morgan fingerprint density at radius 2 is 1.58 bits per heavy atom. The lowest BCUT2D eigenvalue weighted by Crippen LogP contribution is -2.07. The van der Waals surface area contributed by atoms with Crippen LogP contribution >= 0.6 is 0 Å². The molecule has 0 heterocycles. The van der Waals surface area contributed by atoms with Crippen LogP contribution in [0.2, 0.25) is 0 Å². The van der Waals surface area contributed by atoms with Gasteiger partial charge >= 0.3 is 11.9 Å². The van der Waals surface area contributed by atoms with E-state index in [-0.39, 0.29) is 11.5 Å². The van der Waals surface area contributed by atoms with Gasteiger partial charge in [0.05, 0.1) is 5.56 Å². The molecule has 2 aromatic carbocycles. The molecule has 1 N–H and O–H groups in total. The van der Waals surface area contributed by atoms with Crippen molar-refractivity contribution in [2.24, 2.45) is 0 Å². The number of unbranched alkanes of at least 4 members (excludes halogenated alkanes) is 5. The molecule has 4 nitrogen and oxygen atoms in total. The van der Waals surface area contributed by atoms with E-state index in [9.17, 15) is 9.59 Å². The summed E-state index contributed by atoms with van der Waals surface area (Å²) in [6, 6.07) is 10.1. The molecular formula is C20H24O4. The maximum atomic E-state index is 11.9. The van der Waals surface area contributed by atoms with Crippen LogP contribution in [-0.2, 0) is 4.79 Å². The van der Waals surface area contributed by atoms with Crippen molar-refractivity contribution in [3.8, 4) is 5.75 Å². The Labute approximate surface area is 142 Å². The van der Waals surface area contributed by atoms with Gasteiger partial charge < -0.3 is 9.84 Å². The van der Waals surface area contributed by atoms with E-state index in [1.165, 1.54) is 25.7 Å². The number of fused-ring (bicyclic) bond motifs is 1. The predicted octanol–water partition coefficient (Wildman–Crippen LogP) is 5.19. The van der Waals surface area contributed by atoms with E-state index in [0.717, 1.165) is 23.6 Å². The number of aromatic carboxylic acids is 1. The van der Waals surface area contributed by atoms with Gasteiger partial charge in [0.1, 0.15) is 5.75 Å². The molecule has 0 saturated carbocycles. The van der Waals surface area contributed by atoms with E-state index in [2.05, 4.69) is 6.92 Å². The second kappa shape index (κ2) is 9.06. The zero-order valence-corrected chi connectivity index (χ0v) is 14.1. The molecule has 0 spiro atoms. The highest BCUT2D eigenvalue weighted by Gasteiger charge is 2.07. The molecule has 0 fully saturated rings. The van der Waals surface area contributed by atoms with Crippen molar-refractivity contribution in [1.82, 2.24) is 0 Å². The van der Waals surface area contributed by atoms with Gasteiger partial charge in [0.15, 0.2) is 0 Å². The summed E-state index contributed by atoms with van der Waals surface area (Å²) in [5, 5.41) is 10.7. The molecular weight excluding hydrogens is 304 g/mol. The zero-order valence-electron chi connectivity index (χ0n) is 14.1. The topological polar surface area (TPSA) is 63.6 Å². The van der Waals surface area contributed by atoms with Crippen molar-refractivity contribution in [3.05, 3.63) is 42.0 Å². The highest BCUT2D eigenvalue weighted by Crippen LogP contribution is 2.22. The van der Waals surface area contributed by atoms with Crippen molar-refractivity contribution in [2.75, 3.05) is 0 Å². The van der Waals surface area contributed by atoms with Gasteiger partial charge in [0.2, 0.25) is 0 Å². The van der Waals surface area contributed by atoms with E-state index in [4.69, 9.17) is 9.84 Å². The standard InChI is InChI=1S/C20H24O4/c1-2-3-4-5-6-7-8-19(21)24-18-12-11-15-13-17(20(22)23)10-9-16(15)14-18/h9-14H,2-8H2,1H3,(H,22,23). The number of esters is 1. The average Bonchev–Trinajstić information content (AvgIpc) is 2.57. The fraction of sp³-hybridized carbons (Fsp3) is 0.400. The number of ether oxygens (including phenoxy) is 1. The molecule has 0 aliphatic rings. The first-order chi connectivity index (χ1) is 11.6. The van der Waals surface area contributed by atoms with Gasteiger partial charge in [0, 0.05) is 6.42 Å². The first kappa shape index (κ1) is 18.0. The van der Waals surface area contributed by atoms with E-state index in [1.807, 2.05) is 0 Å². The van der Waals surface area contributed by atoms with Crippen LogP contribution in [0.1, 0.15) is 62.2 Å². The van der Waals surface area contributed by atoms with Gasteiger partial charge in [-0.15, -0.1) is 0 Å². The van der Waals surface area contributed by atoms with Crippen LogP contribution in [0.5, 0.6) is 5.75 Å². The Hall–Kier alpha value is -2.36. The van der Waals surface area contributed by atoms with Crippen LogP contribution in [0.3, 0.4) is 0 Å². The molecule has 0 amide bonds. The van der Waals surface area contributed by atoms with E-state index in [1.54, 1.807) is 36.4 Å². The number of benzene rings is 2. The average molecular weight is 328 g/mol. The predicted molar refractivity (Wildman–Crippen MR) is 94.5 cm³/mol. The van der Waals surface area contributed by atoms with Crippen molar-refractivity contribution in [2.45, 2.75) is 51.9 Å². The molecule has 128 valence electrons. The fourth-order valence-corrected chi connectivity index (χ4v) is 2.65. The number of hydrogen-bond donors (Lipinski definition) is 1. The van der Waals surface area contributed by atoms with Gasteiger partial charge in [-0.2, -0.15) is 0 Å². The molecule has 2 aromatic rings. The quantitative estimate of drug-likeness (QED) is 0.391. The molecule has 0 radical (unpaired) electrons.